The molecule has 1 aliphatic rings. The van der Waals surface area contributed by atoms with Crippen LogP contribution in [0, 0.1) is 0 Å². The van der Waals surface area contributed by atoms with Crippen LogP contribution in [0.15, 0.2) is 71.7 Å². The summed E-state index contributed by atoms with van der Waals surface area (Å²) < 4.78 is 27.2. The normalized spacial score (nSPS) is 13.3. The summed E-state index contributed by atoms with van der Waals surface area (Å²) in [6.07, 6.45) is 1.82. The molecule has 0 radical (unpaired) electrons. The maximum atomic E-state index is 13.0. The van der Waals surface area contributed by atoms with Gasteiger partial charge in [0, 0.05) is 31.4 Å². The highest BCUT2D eigenvalue weighted by Crippen LogP contribution is 2.36. The minimum absolute atomic E-state index is 0.00422. The van der Waals surface area contributed by atoms with Crippen molar-refractivity contribution in [1.82, 2.24) is 19.0 Å². The molecule has 2 aromatic carbocycles. The molecule has 4 aromatic rings. The molecule has 0 aliphatic carbocycles. The van der Waals surface area contributed by atoms with Crippen LogP contribution in [0.25, 0.3) is 11.0 Å². The van der Waals surface area contributed by atoms with Gasteiger partial charge in [0.05, 0.1) is 41.9 Å². The molecule has 0 N–H and O–H groups in total. The first-order valence-corrected chi connectivity index (χ1v) is 15.3. The van der Waals surface area contributed by atoms with Crippen molar-refractivity contribution in [1.29, 1.82) is 0 Å². The van der Waals surface area contributed by atoms with Crippen LogP contribution in [-0.2, 0) is 28.9 Å². The number of imide groups is 1. The van der Waals surface area contributed by atoms with E-state index in [0.29, 0.717) is 54.5 Å². The van der Waals surface area contributed by atoms with Crippen molar-refractivity contribution in [2.24, 2.45) is 0 Å². The van der Waals surface area contributed by atoms with Crippen molar-refractivity contribution in [3.05, 3.63) is 94.2 Å². The summed E-state index contributed by atoms with van der Waals surface area (Å²) >= 11 is 0. The monoisotopic (exact) mass is 548 g/mol. The lowest BCUT2D eigenvalue weighted by Gasteiger charge is -2.16. The summed E-state index contributed by atoms with van der Waals surface area (Å²) in [5, 5.41) is 0. The third kappa shape index (κ3) is 5.87. The Morgan fingerprint density at radius 1 is 0.872 bits per heavy atom. The number of fused-ring (bicyclic) bond motifs is 2. The predicted octanol–water partition coefficient (Wildman–Crippen LogP) is 3.67. The Bertz CT molecular complexity index is 1620. The lowest BCUT2D eigenvalue weighted by atomic mass is 10.1. The van der Waals surface area contributed by atoms with Gasteiger partial charge in [0.2, 0.25) is 0 Å². The zero-order valence-corrected chi connectivity index (χ0v) is 22.7. The van der Waals surface area contributed by atoms with Crippen LogP contribution in [0.4, 0.5) is 0 Å². The van der Waals surface area contributed by atoms with Crippen molar-refractivity contribution in [2.75, 3.05) is 32.9 Å². The highest BCUT2D eigenvalue weighted by Gasteiger charge is 2.36. The van der Waals surface area contributed by atoms with Crippen molar-refractivity contribution < 1.29 is 23.6 Å². The Morgan fingerprint density at radius 3 is 2.26 bits per heavy atom. The molecule has 3 heterocycles. The van der Waals surface area contributed by atoms with Gasteiger partial charge in [0.15, 0.2) is 0 Å². The number of hydrogen-bond acceptors (Lipinski definition) is 7. The summed E-state index contributed by atoms with van der Waals surface area (Å²) in [5.74, 6) is 0.356. The van der Waals surface area contributed by atoms with Crippen molar-refractivity contribution in [3.8, 4) is 5.75 Å². The SMILES string of the molecule is CP(C)(=O)COc1ccc2nc(CN3C(=O)c4ccccc4C3=O)n(CCOCCn3ccccc3=O)c2c1. The number of imidazole rings is 1. The van der Waals surface area contributed by atoms with Gasteiger partial charge < -0.3 is 23.2 Å². The fourth-order valence-corrected chi connectivity index (χ4v) is 4.89. The second-order valence-corrected chi connectivity index (χ2v) is 13.2. The predicted molar refractivity (Wildman–Crippen MR) is 147 cm³/mol. The molecular weight excluding hydrogens is 519 g/mol. The van der Waals surface area contributed by atoms with Gasteiger partial charge in [-0.3, -0.25) is 19.3 Å². The van der Waals surface area contributed by atoms with Gasteiger partial charge in [0.1, 0.15) is 25.1 Å². The molecule has 11 heteroatoms. The summed E-state index contributed by atoms with van der Waals surface area (Å²) in [5.41, 5.74) is 2.07. The lowest BCUT2D eigenvalue weighted by Crippen LogP contribution is -2.30. The highest BCUT2D eigenvalue weighted by molar-refractivity contribution is 7.62. The maximum Gasteiger partial charge on any atom is 0.261 e. The first-order valence-electron chi connectivity index (χ1n) is 12.6. The number of ether oxygens (including phenoxy) is 2. The first kappa shape index (κ1) is 26.6. The van der Waals surface area contributed by atoms with Crippen LogP contribution in [0.5, 0.6) is 5.75 Å². The van der Waals surface area contributed by atoms with Gasteiger partial charge in [-0.05, 0) is 43.7 Å². The number of pyridine rings is 1. The van der Waals surface area contributed by atoms with E-state index in [0.717, 1.165) is 5.52 Å². The van der Waals surface area contributed by atoms with Crippen LogP contribution in [0.2, 0.25) is 0 Å². The number of carbonyl (C=O) groups excluding carboxylic acids is 2. The molecule has 1 aliphatic heterocycles. The molecule has 5 rings (SSSR count). The van der Waals surface area contributed by atoms with Crippen LogP contribution in [0.3, 0.4) is 0 Å². The lowest BCUT2D eigenvalue weighted by molar-refractivity contribution is 0.0635. The van der Waals surface area contributed by atoms with Gasteiger partial charge in [-0.25, -0.2) is 4.98 Å². The highest BCUT2D eigenvalue weighted by atomic mass is 31.2. The van der Waals surface area contributed by atoms with Gasteiger partial charge in [-0.2, -0.15) is 0 Å². The summed E-state index contributed by atoms with van der Waals surface area (Å²) in [7, 11) is -2.39. The Labute approximate surface area is 225 Å². The first-order chi connectivity index (χ1) is 18.7. The number of amides is 2. The van der Waals surface area contributed by atoms with Crippen LogP contribution >= 0.6 is 7.14 Å². The van der Waals surface area contributed by atoms with Crippen molar-refractivity contribution in [2.45, 2.75) is 19.6 Å². The van der Waals surface area contributed by atoms with E-state index in [9.17, 15) is 18.9 Å². The van der Waals surface area contributed by atoms with Gasteiger partial charge >= 0.3 is 0 Å². The summed E-state index contributed by atoms with van der Waals surface area (Å²) in [6.45, 7) is 4.78. The van der Waals surface area contributed by atoms with Crippen LogP contribution in [0.1, 0.15) is 26.5 Å². The summed E-state index contributed by atoms with van der Waals surface area (Å²) in [4.78, 5) is 43.8. The molecule has 0 fully saturated rings. The van der Waals surface area contributed by atoms with E-state index in [1.165, 1.54) is 11.0 Å². The quantitative estimate of drug-likeness (QED) is 0.160. The van der Waals surface area contributed by atoms with Gasteiger partial charge in [0.25, 0.3) is 17.4 Å². The minimum Gasteiger partial charge on any atom is -0.486 e. The molecule has 0 saturated carbocycles. The molecule has 39 heavy (non-hydrogen) atoms. The third-order valence-corrected chi connectivity index (χ3v) is 7.10. The number of hydrogen-bond donors (Lipinski definition) is 0. The van der Waals surface area contributed by atoms with E-state index in [4.69, 9.17) is 14.5 Å². The topological polar surface area (TPSA) is 113 Å². The molecule has 0 atom stereocenters. The van der Waals surface area contributed by atoms with E-state index < -0.39 is 7.14 Å². The Balaban J connectivity index is 1.37. The number of nitrogens with zero attached hydrogens (tertiary/aromatic N) is 4. The molecule has 2 amide bonds. The third-order valence-electron chi connectivity index (χ3n) is 6.35. The number of rotatable bonds is 11. The zero-order chi connectivity index (χ0) is 27.6. The molecule has 0 unspecified atom stereocenters. The fraction of sp³-hybridized carbons (Fsp3) is 0.286. The number of benzene rings is 2. The van der Waals surface area contributed by atoms with Crippen molar-refractivity contribution >= 4 is 30.0 Å². The number of carbonyl (C=O) groups is 2. The molecule has 0 spiro atoms. The van der Waals surface area contributed by atoms with E-state index in [1.807, 2.05) is 10.6 Å². The number of aromatic nitrogens is 3. The van der Waals surface area contributed by atoms with E-state index >= 15 is 0 Å². The molecule has 0 bridgehead atoms. The second-order valence-electron chi connectivity index (χ2n) is 9.76. The summed E-state index contributed by atoms with van der Waals surface area (Å²) in [6, 6.07) is 17.1. The smallest absolute Gasteiger partial charge is 0.261 e. The molecule has 2 aromatic heterocycles. The zero-order valence-electron chi connectivity index (χ0n) is 21.8. The Kier molecular flexibility index (Phi) is 7.50. The Morgan fingerprint density at radius 2 is 1.56 bits per heavy atom. The van der Waals surface area contributed by atoms with Gasteiger partial charge in [-0.1, -0.05) is 18.2 Å². The van der Waals surface area contributed by atoms with Crippen LogP contribution < -0.4 is 10.3 Å². The van der Waals surface area contributed by atoms with Gasteiger partial charge in [-0.15, -0.1) is 0 Å². The Hall–Kier alpha value is -4.01. The largest absolute Gasteiger partial charge is 0.486 e. The van der Waals surface area contributed by atoms with E-state index in [1.54, 1.807) is 72.6 Å². The van der Waals surface area contributed by atoms with E-state index in [2.05, 4.69) is 0 Å². The molecular formula is C28H29N4O6P. The molecule has 0 saturated heterocycles. The fourth-order valence-electron chi connectivity index (χ4n) is 4.43. The van der Waals surface area contributed by atoms with Crippen LogP contribution in [-0.4, -0.2) is 63.7 Å². The second kappa shape index (κ2) is 11.0. The van der Waals surface area contributed by atoms with E-state index in [-0.39, 0.29) is 30.3 Å². The average Bonchev–Trinajstić information content (AvgIpc) is 3.37. The standard InChI is InChI=1S/C28H29N4O6P/c1-39(2,36)19-38-20-10-11-23-24(17-20)31(14-16-37-15-13-30-12-6-5-9-26(30)33)25(29-23)18-32-27(34)21-7-3-4-8-22(21)28(32)35/h3-12,17H,13-16,18-19H2,1-2H3. The van der Waals surface area contributed by atoms with Crippen molar-refractivity contribution in [3.63, 3.8) is 0 Å². The molecule has 202 valence electrons. The molecule has 10 nitrogen and oxygen atoms in total. The maximum absolute atomic E-state index is 13.0. The minimum atomic E-state index is -2.39. The average molecular weight is 549 g/mol.